The summed E-state index contributed by atoms with van der Waals surface area (Å²) in [7, 11) is 5.37. The molecular weight excluding hydrogens is 906 g/mol. The van der Waals surface area contributed by atoms with Crippen LogP contribution in [0.5, 0.6) is 17.2 Å². The molecule has 1 aliphatic rings. The van der Waals surface area contributed by atoms with Crippen molar-refractivity contribution in [3.8, 4) is 17.2 Å². The topological polar surface area (TPSA) is 37.4 Å². The lowest BCUT2D eigenvalue weighted by Crippen LogP contribution is -2.26. The third-order valence-corrected chi connectivity index (χ3v) is 11.7. The molecule has 57 heavy (non-hydrogen) atoms. The van der Waals surface area contributed by atoms with E-state index in [1.165, 1.54) is 16.7 Å². The lowest BCUT2D eigenvalue weighted by Gasteiger charge is -2.30. The first kappa shape index (κ1) is 41.2. The van der Waals surface area contributed by atoms with Gasteiger partial charge in [-0.1, -0.05) is 139 Å². The van der Waals surface area contributed by atoms with Gasteiger partial charge in [-0.3, -0.25) is 14.7 Å². The SMILES string of the molecule is COc1c2cc(Br)cc1CN(Cc1ccccc1)Cc1cc(Br)cc(c1OC)CN(Cc1ccccc1)Cc1cc(Br)cc(c1OC)CN(Cc1ccccc1)C2. The molecule has 0 unspecified atom stereocenters. The molecule has 1 heterocycles. The van der Waals surface area contributed by atoms with Crippen molar-refractivity contribution in [1.29, 1.82) is 0 Å². The number of ether oxygens (including phenoxy) is 3. The predicted molar refractivity (Wildman–Crippen MR) is 240 cm³/mol. The zero-order chi connectivity index (χ0) is 39.7. The number of methoxy groups -OCH3 is 3. The van der Waals surface area contributed by atoms with Crippen molar-refractivity contribution in [3.05, 3.63) is 191 Å². The molecule has 0 atom stereocenters. The largest absolute Gasteiger partial charge is 0.496 e. The molecule has 0 fully saturated rings. The molecule has 1 aliphatic heterocycles. The second-order valence-electron chi connectivity index (χ2n) is 14.7. The Kier molecular flexibility index (Phi) is 14.2. The highest BCUT2D eigenvalue weighted by molar-refractivity contribution is 9.11. The van der Waals surface area contributed by atoms with Gasteiger partial charge in [0.1, 0.15) is 17.2 Å². The van der Waals surface area contributed by atoms with Crippen LogP contribution in [0.3, 0.4) is 0 Å². The second kappa shape index (κ2) is 19.7. The Hall–Kier alpha value is -3.96. The molecule has 0 amide bonds. The first-order valence-corrected chi connectivity index (χ1v) is 21.5. The molecule has 294 valence electrons. The van der Waals surface area contributed by atoms with Crippen LogP contribution in [0.1, 0.15) is 50.1 Å². The van der Waals surface area contributed by atoms with E-state index in [1.807, 2.05) is 0 Å². The molecule has 6 nitrogen and oxygen atoms in total. The number of benzene rings is 6. The van der Waals surface area contributed by atoms with Crippen molar-refractivity contribution < 1.29 is 14.2 Å². The second-order valence-corrected chi connectivity index (χ2v) is 17.4. The summed E-state index contributed by atoms with van der Waals surface area (Å²) in [5, 5.41) is 0. The standard InChI is InChI=1S/C48H48Br3N3O3/c1-55-46-37-19-43(49)20-38(46)29-53(26-35-15-9-5-10-16-35)31-40-22-45(51)24-42(48(40)57-3)33-54(27-36-17-11-6-12-18-36)32-41-23-44(50)21-39(47(41)56-2)30-52(28-37)25-34-13-7-4-8-14-34/h4-24H,25-33H2,1-3H3. The van der Waals surface area contributed by atoms with E-state index in [9.17, 15) is 0 Å². The third-order valence-electron chi connectivity index (χ3n) is 10.3. The summed E-state index contributed by atoms with van der Waals surface area (Å²) in [5.74, 6) is 2.70. The van der Waals surface area contributed by atoms with Crippen LogP contribution >= 0.6 is 47.8 Å². The van der Waals surface area contributed by atoms with Gasteiger partial charge in [-0.2, -0.15) is 0 Å². The molecule has 0 aliphatic carbocycles. The normalized spacial score (nSPS) is 14.4. The summed E-state index contributed by atoms with van der Waals surface area (Å²) >= 11 is 11.7. The minimum atomic E-state index is 0.664. The maximum absolute atomic E-state index is 6.34. The summed E-state index contributed by atoms with van der Waals surface area (Å²) in [6, 6.07) is 45.3. The van der Waals surface area contributed by atoms with Crippen LogP contribution in [0.2, 0.25) is 0 Å². The average molecular weight is 955 g/mol. The Morgan fingerprint density at radius 2 is 0.579 bits per heavy atom. The van der Waals surface area contributed by atoms with Crippen LogP contribution in [0.4, 0.5) is 0 Å². The Bertz CT molecular complexity index is 1920. The fourth-order valence-electron chi connectivity index (χ4n) is 8.10. The summed E-state index contributed by atoms with van der Waals surface area (Å²) in [5.41, 5.74) is 10.4. The quantitative estimate of drug-likeness (QED) is 0.144. The monoisotopic (exact) mass is 951 g/mol. The smallest absolute Gasteiger partial charge is 0.127 e. The lowest BCUT2D eigenvalue weighted by atomic mass is 10.0. The molecular formula is C48H48Br3N3O3. The van der Waals surface area contributed by atoms with E-state index < -0.39 is 0 Å². The van der Waals surface area contributed by atoms with E-state index in [0.717, 1.165) is 83.7 Å². The van der Waals surface area contributed by atoms with Gasteiger partial charge in [-0.25, -0.2) is 0 Å². The summed E-state index contributed by atoms with van der Waals surface area (Å²) in [6.45, 7) is 6.23. The first-order valence-electron chi connectivity index (χ1n) is 19.1. The molecule has 9 heteroatoms. The van der Waals surface area contributed by atoms with Crippen LogP contribution in [0.25, 0.3) is 0 Å². The van der Waals surface area contributed by atoms with Crippen molar-refractivity contribution in [2.75, 3.05) is 21.3 Å². The van der Waals surface area contributed by atoms with Crippen molar-refractivity contribution in [1.82, 2.24) is 14.7 Å². The number of hydrogen-bond donors (Lipinski definition) is 0. The molecule has 0 spiro atoms. The molecule has 0 saturated carbocycles. The highest BCUT2D eigenvalue weighted by Crippen LogP contribution is 2.37. The number of fused-ring (bicyclic) bond motifs is 6. The van der Waals surface area contributed by atoms with Crippen LogP contribution < -0.4 is 14.2 Å². The van der Waals surface area contributed by atoms with Gasteiger partial charge in [0.05, 0.1) is 21.3 Å². The van der Waals surface area contributed by atoms with Gasteiger partial charge in [0.25, 0.3) is 0 Å². The van der Waals surface area contributed by atoms with Crippen molar-refractivity contribution in [2.45, 2.75) is 58.9 Å². The molecule has 0 radical (unpaired) electrons. The third kappa shape index (κ3) is 10.8. The predicted octanol–water partition coefficient (Wildman–Crippen LogP) is 11.9. The minimum absolute atomic E-state index is 0.664. The van der Waals surface area contributed by atoms with Crippen molar-refractivity contribution in [2.24, 2.45) is 0 Å². The highest BCUT2D eigenvalue weighted by atomic mass is 79.9. The molecule has 0 N–H and O–H groups in total. The van der Waals surface area contributed by atoms with Crippen LogP contribution in [0, 0.1) is 0 Å². The average Bonchev–Trinajstić information content (AvgIpc) is 3.18. The maximum Gasteiger partial charge on any atom is 0.127 e. The van der Waals surface area contributed by atoms with E-state index in [-0.39, 0.29) is 0 Å². The van der Waals surface area contributed by atoms with E-state index in [2.05, 4.69) is 190 Å². The molecule has 0 aromatic heterocycles. The van der Waals surface area contributed by atoms with Crippen LogP contribution in [-0.4, -0.2) is 36.0 Å². The van der Waals surface area contributed by atoms with Gasteiger partial charge >= 0.3 is 0 Å². The Morgan fingerprint density at radius 3 is 0.772 bits per heavy atom. The number of nitrogens with zero attached hydrogens (tertiary/aromatic N) is 3. The Balaban J connectivity index is 1.40. The van der Waals surface area contributed by atoms with Gasteiger partial charge in [0.2, 0.25) is 0 Å². The van der Waals surface area contributed by atoms with E-state index in [1.54, 1.807) is 21.3 Å². The first-order chi connectivity index (χ1) is 27.8. The molecule has 0 saturated heterocycles. The van der Waals surface area contributed by atoms with Gasteiger partial charge in [0, 0.05) is 106 Å². The number of hydrogen-bond acceptors (Lipinski definition) is 6. The zero-order valence-electron chi connectivity index (χ0n) is 32.7. The van der Waals surface area contributed by atoms with Gasteiger partial charge in [-0.05, 0) is 53.1 Å². The Morgan fingerprint density at radius 1 is 0.368 bits per heavy atom. The fraction of sp³-hybridized carbons (Fsp3) is 0.250. The number of rotatable bonds is 9. The van der Waals surface area contributed by atoms with Crippen LogP contribution in [-0.2, 0) is 58.9 Å². The van der Waals surface area contributed by atoms with Crippen LogP contribution in [0.15, 0.2) is 141 Å². The van der Waals surface area contributed by atoms with E-state index >= 15 is 0 Å². The summed E-state index contributed by atoms with van der Waals surface area (Å²) in [6.07, 6.45) is 0. The molecule has 6 aromatic rings. The molecule has 6 aromatic carbocycles. The lowest BCUT2D eigenvalue weighted by molar-refractivity contribution is 0.225. The fourth-order valence-corrected chi connectivity index (χ4v) is 9.76. The van der Waals surface area contributed by atoms with Crippen molar-refractivity contribution in [3.63, 3.8) is 0 Å². The van der Waals surface area contributed by atoms with E-state index in [0.29, 0.717) is 39.3 Å². The van der Waals surface area contributed by atoms with Gasteiger partial charge < -0.3 is 14.2 Å². The Labute approximate surface area is 362 Å². The van der Waals surface area contributed by atoms with Gasteiger partial charge in [0.15, 0.2) is 0 Å². The molecule has 7 rings (SSSR count). The zero-order valence-corrected chi connectivity index (χ0v) is 37.4. The maximum atomic E-state index is 6.34. The summed E-state index contributed by atoms with van der Waals surface area (Å²) < 4.78 is 22.1. The molecule has 6 bridgehead atoms. The van der Waals surface area contributed by atoms with Gasteiger partial charge in [-0.15, -0.1) is 0 Å². The summed E-state index contributed by atoms with van der Waals surface area (Å²) in [4.78, 5) is 7.45. The van der Waals surface area contributed by atoms with Crippen molar-refractivity contribution >= 4 is 47.8 Å². The highest BCUT2D eigenvalue weighted by Gasteiger charge is 2.24. The minimum Gasteiger partial charge on any atom is -0.496 e. The number of halogens is 3. The van der Waals surface area contributed by atoms with E-state index in [4.69, 9.17) is 14.2 Å².